The third-order valence-corrected chi connectivity index (χ3v) is 3.55. The molecule has 2 aromatic rings. The van der Waals surface area contributed by atoms with Gasteiger partial charge in [-0.25, -0.2) is 9.78 Å². The second kappa shape index (κ2) is 5.09. The maximum atomic E-state index is 11.4. The summed E-state index contributed by atoms with van der Waals surface area (Å²) in [6, 6.07) is 0. The lowest BCUT2D eigenvalue weighted by Gasteiger charge is -2.29. The Morgan fingerprint density at radius 3 is 2.75 bits per heavy atom. The van der Waals surface area contributed by atoms with Crippen molar-refractivity contribution in [2.45, 2.75) is 25.8 Å². The number of hydrogen-bond acceptors (Lipinski definition) is 5. The number of carboxylic acid groups (broad SMARTS) is 1. The molecule has 7 heteroatoms. The number of anilines is 1. The van der Waals surface area contributed by atoms with E-state index < -0.39 is 11.5 Å². The first kappa shape index (κ1) is 14.3. The number of pyridine rings is 1. The van der Waals surface area contributed by atoms with Gasteiger partial charge in [-0.3, -0.25) is 4.68 Å². The van der Waals surface area contributed by atoms with Gasteiger partial charge in [-0.1, -0.05) is 6.92 Å². The van der Waals surface area contributed by atoms with Crippen LogP contribution in [0.15, 0.2) is 12.4 Å². The van der Waals surface area contributed by atoms with Gasteiger partial charge < -0.3 is 15.5 Å². The molecule has 3 N–H and O–H groups in total. The Kier molecular flexibility index (Phi) is 3.63. The van der Waals surface area contributed by atoms with Crippen molar-refractivity contribution in [2.24, 2.45) is 7.05 Å². The van der Waals surface area contributed by atoms with Crippen molar-refractivity contribution < 1.29 is 15.0 Å². The number of carbonyl (C=O) groups is 1. The van der Waals surface area contributed by atoms with Gasteiger partial charge in [0.2, 0.25) is 0 Å². The van der Waals surface area contributed by atoms with Crippen molar-refractivity contribution in [3.05, 3.63) is 18.0 Å². The Labute approximate surface area is 116 Å². The minimum absolute atomic E-state index is 0.0682. The zero-order chi connectivity index (χ0) is 14.9. The van der Waals surface area contributed by atoms with E-state index in [0.717, 1.165) is 0 Å². The molecule has 1 unspecified atom stereocenters. The van der Waals surface area contributed by atoms with Crippen LogP contribution in [0.3, 0.4) is 0 Å². The number of rotatable bonds is 5. The van der Waals surface area contributed by atoms with Crippen LogP contribution in [0.25, 0.3) is 11.0 Å². The lowest BCUT2D eigenvalue weighted by atomic mass is 9.98. The highest BCUT2D eigenvalue weighted by Crippen LogP contribution is 2.29. The van der Waals surface area contributed by atoms with Crippen LogP contribution in [-0.2, 0) is 7.05 Å². The average Bonchev–Trinajstić information content (AvgIpc) is 2.81. The third kappa shape index (κ3) is 2.32. The molecule has 0 aliphatic carbocycles. The van der Waals surface area contributed by atoms with Crippen molar-refractivity contribution in [1.29, 1.82) is 0 Å². The molecule has 1 atom stereocenters. The van der Waals surface area contributed by atoms with Gasteiger partial charge in [0.15, 0.2) is 5.65 Å². The number of hydrogen-bond donors (Lipinski definition) is 3. The topological polar surface area (TPSA) is 100 Å². The van der Waals surface area contributed by atoms with E-state index in [-0.39, 0.29) is 12.2 Å². The molecular weight excluding hydrogens is 260 g/mol. The molecule has 108 valence electrons. The molecule has 2 heterocycles. The fraction of sp³-hybridized carbons (Fsp3) is 0.462. The molecule has 0 bridgehead atoms. The Hall–Kier alpha value is -2.15. The van der Waals surface area contributed by atoms with Gasteiger partial charge in [-0.2, -0.15) is 5.10 Å². The minimum atomic E-state index is -1.07. The quantitative estimate of drug-likeness (QED) is 0.760. The summed E-state index contributed by atoms with van der Waals surface area (Å²) >= 11 is 0. The molecule has 2 rings (SSSR count). The summed E-state index contributed by atoms with van der Waals surface area (Å²) in [7, 11) is 1.74. The number of aliphatic hydroxyl groups is 1. The van der Waals surface area contributed by atoms with E-state index in [0.29, 0.717) is 23.1 Å². The summed E-state index contributed by atoms with van der Waals surface area (Å²) in [4.78, 5) is 15.5. The van der Waals surface area contributed by atoms with Gasteiger partial charge in [0.25, 0.3) is 0 Å². The summed E-state index contributed by atoms with van der Waals surface area (Å²) in [5, 5.41) is 26.7. The Morgan fingerprint density at radius 2 is 2.20 bits per heavy atom. The number of aliphatic hydroxyl groups excluding tert-OH is 1. The van der Waals surface area contributed by atoms with E-state index >= 15 is 0 Å². The number of aromatic carboxylic acids is 1. The number of nitrogens with zero attached hydrogens (tertiary/aromatic N) is 3. The number of aryl methyl sites for hydroxylation is 1. The van der Waals surface area contributed by atoms with E-state index in [2.05, 4.69) is 15.4 Å². The summed E-state index contributed by atoms with van der Waals surface area (Å²) < 4.78 is 1.58. The zero-order valence-electron chi connectivity index (χ0n) is 11.7. The molecule has 0 saturated carbocycles. The van der Waals surface area contributed by atoms with Gasteiger partial charge in [-0.15, -0.1) is 0 Å². The molecule has 0 saturated heterocycles. The summed E-state index contributed by atoms with van der Waals surface area (Å²) in [6.45, 7) is 3.65. The second-order valence-electron chi connectivity index (χ2n) is 5.05. The van der Waals surface area contributed by atoms with E-state index in [4.69, 9.17) is 0 Å². The monoisotopic (exact) mass is 278 g/mol. The number of carboxylic acids is 1. The molecule has 0 spiro atoms. The van der Waals surface area contributed by atoms with Gasteiger partial charge in [0.05, 0.1) is 29.4 Å². The van der Waals surface area contributed by atoms with E-state index in [1.807, 2.05) is 13.8 Å². The highest BCUT2D eigenvalue weighted by atomic mass is 16.4. The normalized spacial score (nSPS) is 14.2. The van der Waals surface area contributed by atoms with Gasteiger partial charge in [-0.05, 0) is 13.3 Å². The first-order valence-electron chi connectivity index (χ1n) is 6.35. The highest BCUT2D eigenvalue weighted by Gasteiger charge is 2.25. The van der Waals surface area contributed by atoms with Gasteiger partial charge in [0.1, 0.15) is 5.56 Å². The fourth-order valence-electron chi connectivity index (χ4n) is 1.93. The standard InChI is InChI=1S/C13H18N4O3/c1-4-13(2,7-18)16-10-8-6-15-17(3)11(8)14-5-9(10)12(19)20/h5-6,18H,4,7H2,1-3H3,(H,14,16)(H,19,20). The maximum Gasteiger partial charge on any atom is 0.339 e. The third-order valence-electron chi connectivity index (χ3n) is 3.55. The zero-order valence-corrected chi connectivity index (χ0v) is 11.7. The van der Waals surface area contributed by atoms with Crippen LogP contribution in [0, 0.1) is 0 Å². The van der Waals surface area contributed by atoms with Gasteiger partial charge >= 0.3 is 5.97 Å². The summed E-state index contributed by atoms with van der Waals surface area (Å²) in [6.07, 6.45) is 3.53. The van der Waals surface area contributed by atoms with Crippen molar-refractivity contribution >= 4 is 22.7 Å². The van der Waals surface area contributed by atoms with Crippen molar-refractivity contribution in [1.82, 2.24) is 14.8 Å². The Bertz CT molecular complexity index is 646. The second-order valence-corrected chi connectivity index (χ2v) is 5.05. The van der Waals surface area contributed by atoms with E-state index in [1.54, 1.807) is 17.9 Å². The van der Waals surface area contributed by atoms with E-state index in [9.17, 15) is 15.0 Å². The first-order chi connectivity index (χ1) is 9.41. The van der Waals surface area contributed by atoms with Crippen LogP contribution in [0.1, 0.15) is 30.6 Å². The summed E-state index contributed by atoms with van der Waals surface area (Å²) in [5.41, 5.74) is 0.496. The van der Waals surface area contributed by atoms with Crippen LogP contribution in [-0.4, -0.2) is 43.1 Å². The number of nitrogens with one attached hydrogen (secondary N) is 1. The van der Waals surface area contributed by atoms with Crippen LogP contribution < -0.4 is 5.32 Å². The number of fused-ring (bicyclic) bond motifs is 1. The molecular formula is C13H18N4O3. The Balaban J connectivity index is 2.64. The maximum absolute atomic E-state index is 11.4. The minimum Gasteiger partial charge on any atom is -0.478 e. The van der Waals surface area contributed by atoms with Crippen LogP contribution in [0.2, 0.25) is 0 Å². The smallest absolute Gasteiger partial charge is 0.339 e. The molecule has 7 nitrogen and oxygen atoms in total. The van der Waals surface area contributed by atoms with Crippen molar-refractivity contribution in [2.75, 3.05) is 11.9 Å². The average molecular weight is 278 g/mol. The molecule has 20 heavy (non-hydrogen) atoms. The van der Waals surface area contributed by atoms with Crippen molar-refractivity contribution in [3.8, 4) is 0 Å². The van der Waals surface area contributed by atoms with Crippen molar-refractivity contribution in [3.63, 3.8) is 0 Å². The molecule has 0 aliphatic rings. The molecule has 0 aliphatic heterocycles. The molecule has 2 aromatic heterocycles. The molecule has 0 aromatic carbocycles. The first-order valence-corrected chi connectivity index (χ1v) is 6.35. The van der Waals surface area contributed by atoms with Crippen LogP contribution >= 0.6 is 0 Å². The predicted molar refractivity (Wildman–Crippen MR) is 74.9 cm³/mol. The SMILES string of the molecule is CCC(C)(CO)Nc1c(C(=O)O)cnc2c1cnn2C. The Morgan fingerprint density at radius 1 is 1.50 bits per heavy atom. The van der Waals surface area contributed by atoms with Crippen LogP contribution in [0.4, 0.5) is 5.69 Å². The van der Waals surface area contributed by atoms with Crippen LogP contribution in [0.5, 0.6) is 0 Å². The van der Waals surface area contributed by atoms with Gasteiger partial charge in [0, 0.05) is 13.2 Å². The molecule has 0 fully saturated rings. The molecule has 0 radical (unpaired) electrons. The van der Waals surface area contributed by atoms with E-state index in [1.165, 1.54) is 6.20 Å². The number of aromatic nitrogens is 3. The predicted octanol–water partition coefficient (Wildman–Crippen LogP) is 1.24. The lowest BCUT2D eigenvalue weighted by Crippen LogP contribution is -2.38. The summed E-state index contributed by atoms with van der Waals surface area (Å²) in [5.74, 6) is -1.07. The fourth-order valence-corrected chi connectivity index (χ4v) is 1.93. The highest BCUT2D eigenvalue weighted by molar-refractivity contribution is 6.03. The molecule has 0 amide bonds. The lowest BCUT2D eigenvalue weighted by molar-refractivity contribution is 0.0697. The largest absolute Gasteiger partial charge is 0.478 e.